The molecule has 1 aromatic carbocycles. The first-order valence-corrected chi connectivity index (χ1v) is 7.22. The zero-order valence-corrected chi connectivity index (χ0v) is 12.0. The number of anilines is 1. The number of carbonyl (C=O) groups is 1. The summed E-state index contributed by atoms with van der Waals surface area (Å²) in [6.45, 7) is 8.46. The van der Waals surface area contributed by atoms with Crippen LogP contribution in [0.2, 0.25) is 0 Å². The van der Waals surface area contributed by atoms with Crippen molar-refractivity contribution in [1.29, 1.82) is 0 Å². The minimum Gasteiger partial charge on any atom is -0.384 e. The summed E-state index contributed by atoms with van der Waals surface area (Å²) in [5.74, 6) is 1.01. The average Bonchev–Trinajstić information content (AvgIpc) is 2.41. The first-order chi connectivity index (χ1) is 9.15. The number of rotatable bonds is 5. The van der Waals surface area contributed by atoms with Crippen LogP contribution in [0.1, 0.15) is 37.0 Å². The number of hydrogen-bond acceptors (Lipinski definition) is 3. The molecular weight excluding hydrogens is 236 g/mol. The summed E-state index contributed by atoms with van der Waals surface area (Å²) < 4.78 is 0. The molecule has 0 atom stereocenters. The molecule has 1 aromatic rings. The van der Waals surface area contributed by atoms with Crippen molar-refractivity contribution in [3.63, 3.8) is 0 Å². The van der Waals surface area contributed by atoms with E-state index in [0.717, 1.165) is 30.3 Å². The first kappa shape index (κ1) is 14.1. The summed E-state index contributed by atoms with van der Waals surface area (Å²) in [5, 5.41) is 3.42. The predicted molar refractivity (Wildman–Crippen MR) is 79.8 cm³/mol. The second-order valence-corrected chi connectivity index (χ2v) is 5.58. The summed E-state index contributed by atoms with van der Waals surface area (Å²) in [7, 11) is 0. The molecular formula is C16H24N2O. The monoisotopic (exact) mass is 260 g/mol. The number of benzene rings is 1. The van der Waals surface area contributed by atoms with Crippen molar-refractivity contribution in [1.82, 2.24) is 4.90 Å². The van der Waals surface area contributed by atoms with Crippen molar-refractivity contribution in [3.05, 3.63) is 29.8 Å². The zero-order chi connectivity index (χ0) is 13.7. The van der Waals surface area contributed by atoms with Crippen LogP contribution in [0, 0.1) is 5.92 Å². The maximum Gasteiger partial charge on any atom is 0.159 e. The third kappa shape index (κ3) is 4.35. The molecule has 1 fully saturated rings. The Labute approximate surface area is 116 Å². The number of hydrogen-bond donors (Lipinski definition) is 1. The van der Waals surface area contributed by atoms with Crippen LogP contribution in [-0.2, 0) is 0 Å². The Morgan fingerprint density at radius 1 is 1.26 bits per heavy atom. The van der Waals surface area contributed by atoms with Gasteiger partial charge in [0, 0.05) is 24.3 Å². The topological polar surface area (TPSA) is 32.3 Å². The number of likely N-dealkylation sites (tertiary alicyclic amines) is 1. The van der Waals surface area contributed by atoms with Gasteiger partial charge in [-0.15, -0.1) is 0 Å². The lowest BCUT2D eigenvalue weighted by Gasteiger charge is -2.30. The molecule has 2 rings (SSSR count). The Hall–Kier alpha value is -1.35. The summed E-state index contributed by atoms with van der Waals surface area (Å²) in [5.41, 5.74) is 1.87. The third-order valence-corrected chi connectivity index (χ3v) is 3.92. The highest BCUT2D eigenvalue weighted by molar-refractivity contribution is 5.94. The van der Waals surface area contributed by atoms with E-state index in [1.165, 1.54) is 25.9 Å². The van der Waals surface area contributed by atoms with E-state index in [1.54, 1.807) is 6.92 Å². The lowest BCUT2D eigenvalue weighted by molar-refractivity contribution is 0.101. The Morgan fingerprint density at radius 2 is 1.89 bits per heavy atom. The number of nitrogens with one attached hydrogen (secondary N) is 1. The zero-order valence-electron chi connectivity index (χ0n) is 12.0. The molecule has 0 amide bonds. The molecule has 3 heteroatoms. The van der Waals surface area contributed by atoms with Gasteiger partial charge in [-0.2, -0.15) is 0 Å². The summed E-state index contributed by atoms with van der Waals surface area (Å²) in [6.07, 6.45) is 2.65. The Kier molecular flexibility index (Phi) is 4.97. The van der Waals surface area contributed by atoms with Gasteiger partial charge in [0.05, 0.1) is 0 Å². The fourth-order valence-electron chi connectivity index (χ4n) is 2.47. The number of nitrogens with zero attached hydrogens (tertiary/aromatic N) is 1. The Bertz CT molecular complexity index is 405. The van der Waals surface area contributed by atoms with Crippen LogP contribution < -0.4 is 5.32 Å². The van der Waals surface area contributed by atoms with Gasteiger partial charge in [-0.1, -0.05) is 6.92 Å². The third-order valence-electron chi connectivity index (χ3n) is 3.92. The average molecular weight is 260 g/mol. The Balaban J connectivity index is 1.72. The number of carbonyl (C=O) groups excluding carboxylic acids is 1. The molecule has 0 aromatic heterocycles. The van der Waals surface area contributed by atoms with Gasteiger partial charge in [0.15, 0.2) is 5.78 Å². The highest BCUT2D eigenvalue weighted by Gasteiger charge is 2.14. The van der Waals surface area contributed by atoms with Crippen molar-refractivity contribution >= 4 is 11.5 Å². The van der Waals surface area contributed by atoms with Crippen LogP contribution in [0.25, 0.3) is 0 Å². The van der Waals surface area contributed by atoms with E-state index in [4.69, 9.17) is 0 Å². The summed E-state index contributed by atoms with van der Waals surface area (Å²) in [6, 6.07) is 7.73. The van der Waals surface area contributed by atoms with Crippen LogP contribution in [0.5, 0.6) is 0 Å². The van der Waals surface area contributed by atoms with Gasteiger partial charge in [0.2, 0.25) is 0 Å². The molecule has 1 N–H and O–H groups in total. The van der Waals surface area contributed by atoms with Crippen molar-refractivity contribution < 1.29 is 4.79 Å². The van der Waals surface area contributed by atoms with E-state index in [9.17, 15) is 4.79 Å². The fraction of sp³-hybridized carbons (Fsp3) is 0.562. The van der Waals surface area contributed by atoms with Gasteiger partial charge in [-0.3, -0.25) is 4.79 Å². The molecule has 1 aliphatic heterocycles. The quantitative estimate of drug-likeness (QED) is 0.826. The molecule has 0 radical (unpaired) electrons. The fourth-order valence-corrected chi connectivity index (χ4v) is 2.47. The van der Waals surface area contributed by atoms with Crippen LogP contribution >= 0.6 is 0 Å². The molecule has 0 bridgehead atoms. The van der Waals surface area contributed by atoms with Crippen LogP contribution in [0.15, 0.2) is 24.3 Å². The minimum absolute atomic E-state index is 0.119. The SMILES string of the molecule is CC(=O)c1ccc(NCCN2CCC(C)CC2)cc1. The largest absolute Gasteiger partial charge is 0.384 e. The van der Waals surface area contributed by atoms with Gasteiger partial charge in [-0.05, 0) is 63.0 Å². The molecule has 1 heterocycles. The van der Waals surface area contributed by atoms with Crippen molar-refractivity contribution in [3.8, 4) is 0 Å². The summed E-state index contributed by atoms with van der Waals surface area (Å²) >= 11 is 0. The van der Waals surface area contributed by atoms with Gasteiger partial charge in [0.25, 0.3) is 0 Å². The van der Waals surface area contributed by atoms with Crippen molar-refractivity contribution in [2.75, 3.05) is 31.5 Å². The predicted octanol–water partition coefficient (Wildman–Crippen LogP) is 3.03. The van der Waals surface area contributed by atoms with Crippen molar-refractivity contribution in [2.24, 2.45) is 5.92 Å². The molecule has 1 saturated heterocycles. The Morgan fingerprint density at radius 3 is 2.47 bits per heavy atom. The minimum atomic E-state index is 0.119. The normalized spacial score (nSPS) is 17.4. The van der Waals surface area contributed by atoms with Crippen molar-refractivity contribution in [2.45, 2.75) is 26.7 Å². The molecule has 0 unspecified atom stereocenters. The number of ketones is 1. The molecule has 19 heavy (non-hydrogen) atoms. The van der Waals surface area contributed by atoms with E-state index >= 15 is 0 Å². The van der Waals surface area contributed by atoms with E-state index in [0.29, 0.717) is 0 Å². The molecule has 1 aliphatic rings. The standard InChI is InChI=1S/C16H24N2O/c1-13-7-10-18(11-8-13)12-9-17-16-5-3-15(4-6-16)14(2)19/h3-6,13,17H,7-12H2,1-2H3. The smallest absolute Gasteiger partial charge is 0.159 e. The van der Waals surface area contributed by atoms with E-state index in [-0.39, 0.29) is 5.78 Å². The molecule has 0 saturated carbocycles. The lowest BCUT2D eigenvalue weighted by atomic mass is 9.99. The molecule has 0 spiro atoms. The van der Waals surface area contributed by atoms with Gasteiger partial charge in [0.1, 0.15) is 0 Å². The number of Topliss-reactive ketones (excluding diaryl/α,β-unsaturated/α-hetero) is 1. The van der Waals surface area contributed by atoms with Crippen LogP contribution in [-0.4, -0.2) is 36.9 Å². The maximum absolute atomic E-state index is 11.2. The highest BCUT2D eigenvalue weighted by atomic mass is 16.1. The maximum atomic E-state index is 11.2. The molecule has 0 aliphatic carbocycles. The van der Waals surface area contributed by atoms with Gasteiger partial charge in [-0.25, -0.2) is 0 Å². The van der Waals surface area contributed by atoms with Crippen LogP contribution in [0.4, 0.5) is 5.69 Å². The van der Waals surface area contributed by atoms with Gasteiger partial charge < -0.3 is 10.2 Å². The van der Waals surface area contributed by atoms with E-state index in [1.807, 2.05) is 24.3 Å². The van der Waals surface area contributed by atoms with E-state index in [2.05, 4.69) is 17.1 Å². The molecule has 3 nitrogen and oxygen atoms in total. The first-order valence-electron chi connectivity index (χ1n) is 7.22. The van der Waals surface area contributed by atoms with Gasteiger partial charge >= 0.3 is 0 Å². The summed E-state index contributed by atoms with van der Waals surface area (Å²) in [4.78, 5) is 13.7. The lowest BCUT2D eigenvalue weighted by Crippen LogP contribution is -2.36. The second kappa shape index (κ2) is 6.71. The molecule has 104 valence electrons. The second-order valence-electron chi connectivity index (χ2n) is 5.58. The van der Waals surface area contributed by atoms with E-state index < -0.39 is 0 Å². The number of piperidine rings is 1. The van der Waals surface area contributed by atoms with Crippen LogP contribution in [0.3, 0.4) is 0 Å². The highest BCUT2D eigenvalue weighted by Crippen LogP contribution is 2.15.